The smallest absolute Gasteiger partial charge is 0.239 e. The summed E-state index contributed by atoms with van der Waals surface area (Å²) in [6.07, 6.45) is 4.55. The van der Waals surface area contributed by atoms with E-state index in [9.17, 15) is 18.0 Å². The Hall–Kier alpha value is -2.91. The van der Waals surface area contributed by atoms with Crippen LogP contribution in [0.5, 0.6) is 11.5 Å². The third-order valence-electron chi connectivity index (χ3n) is 7.69. The lowest BCUT2D eigenvalue weighted by Crippen LogP contribution is -2.57. The molecular weight excluding hydrogens is 516 g/mol. The second-order valence-corrected chi connectivity index (χ2v) is 13.2. The molecule has 1 amide bonds. The molecule has 2 aromatic rings. The Labute approximate surface area is 231 Å². The first-order chi connectivity index (χ1) is 18.5. The van der Waals surface area contributed by atoms with Crippen molar-refractivity contribution in [3.8, 4) is 11.5 Å². The zero-order chi connectivity index (χ0) is 28.2. The zero-order valence-electron chi connectivity index (χ0n) is 23.1. The van der Waals surface area contributed by atoms with Crippen molar-refractivity contribution >= 4 is 21.5 Å². The van der Waals surface area contributed by atoms with Crippen LogP contribution in [0.2, 0.25) is 0 Å². The van der Waals surface area contributed by atoms with Crippen molar-refractivity contribution in [1.82, 2.24) is 4.90 Å². The number of benzene rings is 2. The average molecular weight is 557 g/mol. The predicted octanol–water partition coefficient (Wildman–Crippen LogP) is 4.47. The normalized spacial score (nSPS) is 17.6. The maximum atomic E-state index is 13.5. The summed E-state index contributed by atoms with van der Waals surface area (Å²) in [5.74, 6) is 0.628. The van der Waals surface area contributed by atoms with Crippen molar-refractivity contribution in [2.45, 2.75) is 87.5 Å². The molecule has 4 rings (SSSR count). The van der Waals surface area contributed by atoms with E-state index in [0.29, 0.717) is 56.3 Å². The van der Waals surface area contributed by atoms with Gasteiger partial charge < -0.3 is 20.1 Å². The SMILES string of the molecule is Cc1cc(C(=O)CCCCOc2ccc(S(=O)(=O)C3(C(N)=O)CCN(C4CC4)CC3)cc2)ccc1OC(C)C. The van der Waals surface area contributed by atoms with Gasteiger partial charge in [-0.15, -0.1) is 0 Å². The number of unbranched alkanes of at least 4 members (excludes halogenated alkanes) is 1. The highest BCUT2D eigenvalue weighted by Gasteiger charge is 2.52. The number of nitrogens with zero attached hydrogens (tertiary/aromatic N) is 1. The molecule has 1 heterocycles. The van der Waals surface area contributed by atoms with E-state index in [1.165, 1.54) is 12.1 Å². The first-order valence-corrected chi connectivity index (χ1v) is 15.3. The number of piperidine rings is 1. The van der Waals surface area contributed by atoms with Gasteiger partial charge in [-0.1, -0.05) is 0 Å². The summed E-state index contributed by atoms with van der Waals surface area (Å²) in [5, 5.41) is 0. The molecule has 1 saturated heterocycles. The first kappa shape index (κ1) is 29.1. The fourth-order valence-electron chi connectivity index (χ4n) is 5.21. The lowest BCUT2D eigenvalue weighted by molar-refractivity contribution is -0.121. The fraction of sp³-hybridized carbons (Fsp3) is 0.533. The number of ketones is 1. The van der Waals surface area contributed by atoms with Crippen LogP contribution in [0.3, 0.4) is 0 Å². The van der Waals surface area contributed by atoms with Crippen LogP contribution in [0.4, 0.5) is 0 Å². The fourth-order valence-corrected chi connectivity index (χ4v) is 7.14. The molecule has 1 aliphatic carbocycles. The first-order valence-electron chi connectivity index (χ1n) is 13.9. The van der Waals surface area contributed by atoms with Gasteiger partial charge in [-0.25, -0.2) is 8.42 Å². The van der Waals surface area contributed by atoms with E-state index in [2.05, 4.69) is 4.90 Å². The molecule has 2 N–H and O–H groups in total. The zero-order valence-corrected chi connectivity index (χ0v) is 24.0. The maximum absolute atomic E-state index is 13.5. The molecule has 8 nitrogen and oxygen atoms in total. The van der Waals surface area contributed by atoms with Gasteiger partial charge in [0.05, 0.1) is 17.6 Å². The Bertz CT molecular complexity index is 1280. The Balaban J connectivity index is 1.26. The number of carbonyl (C=O) groups excluding carboxylic acids is 2. The van der Waals surface area contributed by atoms with E-state index in [4.69, 9.17) is 15.2 Å². The maximum Gasteiger partial charge on any atom is 0.239 e. The number of rotatable bonds is 13. The van der Waals surface area contributed by atoms with Crippen LogP contribution in [0.1, 0.15) is 74.7 Å². The van der Waals surface area contributed by atoms with Crippen LogP contribution in [0.25, 0.3) is 0 Å². The second-order valence-electron chi connectivity index (χ2n) is 11.0. The standard InChI is InChI=1S/C30H40N2O6S/c1-21(2)38-28-14-7-23(20-22(28)3)27(33)6-4-5-19-37-25-10-12-26(13-11-25)39(35,36)30(29(31)34)15-17-32(18-16-30)24-8-9-24/h7,10-14,20-21,24H,4-6,8-9,15-19H2,1-3H3,(H2,31,34). The van der Waals surface area contributed by atoms with Crippen molar-refractivity contribution in [3.63, 3.8) is 0 Å². The van der Waals surface area contributed by atoms with Crippen LogP contribution in [0, 0.1) is 6.92 Å². The summed E-state index contributed by atoms with van der Waals surface area (Å²) in [6.45, 7) is 7.40. The van der Waals surface area contributed by atoms with Crippen LogP contribution in [0.15, 0.2) is 47.4 Å². The number of likely N-dealkylation sites (tertiary alicyclic amines) is 1. The van der Waals surface area contributed by atoms with Gasteiger partial charge in [-0.3, -0.25) is 9.59 Å². The Morgan fingerprint density at radius 1 is 1.05 bits per heavy atom. The third-order valence-corrected chi connectivity index (χ3v) is 10.2. The second kappa shape index (κ2) is 12.1. The average Bonchev–Trinajstić information content (AvgIpc) is 3.75. The van der Waals surface area contributed by atoms with E-state index < -0.39 is 20.5 Å². The highest BCUT2D eigenvalue weighted by molar-refractivity contribution is 7.93. The summed E-state index contributed by atoms with van der Waals surface area (Å²) in [4.78, 5) is 27.4. The summed E-state index contributed by atoms with van der Waals surface area (Å²) >= 11 is 0. The number of aryl methyl sites for hydroxylation is 1. The van der Waals surface area contributed by atoms with Gasteiger partial charge in [0.25, 0.3) is 0 Å². The van der Waals surface area contributed by atoms with Crippen molar-refractivity contribution in [2.24, 2.45) is 5.73 Å². The van der Waals surface area contributed by atoms with E-state index in [1.807, 2.05) is 32.9 Å². The highest BCUT2D eigenvalue weighted by atomic mass is 32.2. The largest absolute Gasteiger partial charge is 0.494 e. The van der Waals surface area contributed by atoms with Gasteiger partial charge in [0.1, 0.15) is 11.5 Å². The van der Waals surface area contributed by atoms with Crippen LogP contribution < -0.4 is 15.2 Å². The molecule has 0 atom stereocenters. The molecule has 9 heteroatoms. The minimum Gasteiger partial charge on any atom is -0.494 e. The van der Waals surface area contributed by atoms with Crippen LogP contribution in [-0.2, 0) is 14.6 Å². The monoisotopic (exact) mass is 556 g/mol. The summed E-state index contributed by atoms with van der Waals surface area (Å²) in [6, 6.07) is 12.2. The Morgan fingerprint density at radius 3 is 2.28 bits per heavy atom. The number of hydrogen-bond donors (Lipinski definition) is 1. The molecule has 1 aliphatic heterocycles. The topological polar surface area (TPSA) is 116 Å². The van der Waals surface area contributed by atoms with E-state index >= 15 is 0 Å². The molecule has 0 radical (unpaired) electrons. The number of ether oxygens (including phenoxy) is 2. The number of Topliss-reactive ketones (excluding diaryl/α,β-unsaturated/α-hetero) is 1. The Morgan fingerprint density at radius 2 is 1.72 bits per heavy atom. The summed E-state index contributed by atoms with van der Waals surface area (Å²) < 4.78 is 37.0. The van der Waals surface area contributed by atoms with Crippen molar-refractivity contribution in [1.29, 1.82) is 0 Å². The predicted molar refractivity (Wildman–Crippen MR) is 150 cm³/mol. The summed E-state index contributed by atoms with van der Waals surface area (Å²) in [5.41, 5.74) is 7.30. The van der Waals surface area contributed by atoms with Crippen molar-refractivity contribution in [2.75, 3.05) is 19.7 Å². The van der Waals surface area contributed by atoms with Crippen molar-refractivity contribution in [3.05, 3.63) is 53.6 Å². The van der Waals surface area contributed by atoms with E-state index in [0.717, 1.165) is 24.2 Å². The van der Waals surface area contributed by atoms with E-state index in [1.54, 1.807) is 18.2 Å². The number of hydrogen-bond acceptors (Lipinski definition) is 7. The highest BCUT2D eigenvalue weighted by Crippen LogP contribution is 2.39. The van der Waals surface area contributed by atoms with Crippen LogP contribution in [-0.4, -0.2) is 61.6 Å². The van der Waals surface area contributed by atoms with Gasteiger partial charge in [-0.05, 0) is 107 Å². The molecule has 1 saturated carbocycles. The van der Waals surface area contributed by atoms with Gasteiger partial charge in [-0.2, -0.15) is 0 Å². The molecule has 39 heavy (non-hydrogen) atoms. The van der Waals surface area contributed by atoms with E-state index in [-0.39, 0.29) is 29.6 Å². The van der Waals surface area contributed by atoms with Gasteiger partial charge >= 0.3 is 0 Å². The Kier molecular flexibility index (Phi) is 9.01. The van der Waals surface area contributed by atoms with Gasteiger partial charge in [0, 0.05) is 31.1 Å². The number of nitrogens with two attached hydrogens (primary N) is 1. The van der Waals surface area contributed by atoms with Gasteiger partial charge in [0.2, 0.25) is 5.91 Å². The number of amides is 1. The van der Waals surface area contributed by atoms with Crippen molar-refractivity contribution < 1.29 is 27.5 Å². The molecule has 0 bridgehead atoms. The minimum absolute atomic E-state index is 0.0765. The van der Waals surface area contributed by atoms with Crippen LogP contribution >= 0.6 is 0 Å². The molecule has 212 valence electrons. The quantitative estimate of drug-likeness (QED) is 0.286. The molecule has 0 spiro atoms. The number of sulfone groups is 1. The summed E-state index contributed by atoms with van der Waals surface area (Å²) in [7, 11) is -3.95. The number of primary amides is 1. The molecule has 2 aromatic carbocycles. The molecule has 0 unspecified atom stereocenters. The molecular formula is C30H40N2O6S. The molecule has 0 aromatic heterocycles. The molecule has 2 aliphatic rings. The lowest BCUT2D eigenvalue weighted by atomic mass is 9.95. The number of carbonyl (C=O) groups is 2. The third kappa shape index (κ3) is 6.64. The molecule has 2 fully saturated rings. The lowest BCUT2D eigenvalue weighted by Gasteiger charge is -2.39. The van der Waals surface area contributed by atoms with Gasteiger partial charge in [0.15, 0.2) is 20.4 Å². The minimum atomic E-state index is -3.95.